The standard InChI is InChI=1S/C11H21NO.ClH/c1-2-8-13-11(3-1)9-10-4-6-12-7-5-10;/h10-12H,1-9H2;1H. The number of hydrogen-bond donors (Lipinski definition) is 1. The number of piperidine rings is 1. The summed E-state index contributed by atoms with van der Waals surface area (Å²) in [5, 5.41) is 3.41. The van der Waals surface area contributed by atoms with E-state index in [1.54, 1.807) is 0 Å². The van der Waals surface area contributed by atoms with E-state index in [-0.39, 0.29) is 12.4 Å². The molecule has 0 spiro atoms. The zero-order valence-electron chi connectivity index (χ0n) is 8.84. The Bertz CT molecular complexity index is 126. The fraction of sp³-hybridized carbons (Fsp3) is 1.00. The van der Waals surface area contributed by atoms with E-state index in [1.165, 1.54) is 51.6 Å². The van der Waals surface area contributed by atoms with Crippen molar-refractivity contribution < 1.29 is 4.74 Å². The second kappa shape index (κ2) is 6.65. The van der Waals surface area contributed by atoms with E-state index in [9.17, 15) is 0 Å². The van der Waals surface area contributed by atoms with Gasteiger partial charge in [-0.3, -0.25) is 0 Å². The SMILES string of the molecule is C1CCC(CC2CCNCC2)OC1.Cl. The lowest BCUT2D eigenvalue weighted by Gasteiger charge is -2.29. The zero-order valence-corrected chi connectivity index (χ0v) is 9.65. The van der Waals surface area contributed by atoms with E-state index >= 15 is 0 Å². The average molecular weight is 220 g/mol. The van der Waals surface area contributed by atoms with Crippen LogP contribution in [0.5, 0.6) is 0 Å². The van der Waals surface area contributed by atoms with Crippen LogP contribution in [0.3, 0.4) is 0 Å². The first-order valence-electron chi connectivity index (χ1n) is 5.77. The predicted octanol–water partition coefficient (Wildman–Crippen LogP) is 2.37. The zero-order chi connectivity index (χ0) is 8.93. The summed E-state index contributed by atoms with van der Waals surface area (Å²) in [6.07, 6.45) is 8.61. The Kier molecular flexibility index (Phi) is 5.83. The molecule has 2 fully saturated rings. The van der Waals surface area contributed by atoms with Gasteiger partial charge in [0.05, 0.1) is 6.10 Å². The summed E-state index contributed by atoms with van der Waals surface area (Å²) >= 11 is 0. The molecule has 0 saturated carbocycles. The number of halogens is 1. The van der Waals surface area contributed by atoms with Crippen LogP contribution in [0.15, 0.2) is 0 Å². The Morgan fingerprint density at radius 2 is 1.86 bits per heavy atom. The van der Waals surface area contributed by atoms with Gasteiger partial charge < -0.3 is 10.1 Å². The van der Waals surface area contributed by atoms with Crippen molar-refractivity contribution in [2.24, 2.45) is 5.92 Å². The van der Waals surface area contributed by atoms with Crippen molar-refractivity contribution in [1.82, 2.24) is 5.32 Å². The van der Waals surface area contributed by atoms with E-state index < -0.39 is 0 Å². The van der Waals surface area contributed by atoms with Gasteiger partial charge in [-0.1, -0.05) is 0 Å². The molecule has 0 aromatic heterocycles. The molecule has 0 aromatic carbocycles. The van der Waals surface area contributed by atoms with Crippen LogP contribution in [0.4, 0.5) is 0 Å². The quantitative estimate of drug-likeness (QED) is 0.770. The third-order valence-electron chi connectivity index (χ3n) is 3.33. The average Bonchev–Trinajstić information content (AvgIpc) is 2.21. The lowest BCUT2D eigenvalue weighted by Crippen LogP contribution is -2.31. The van der Waals surface area contributed by atoms with Gasteiger partial charge in [0.2, 0.25) is 0 Å². The van der Waals surface area contributed by atoms with Crippen molar-refractivity contribution in [2.45, 2.75) is 44.6 Å². The second-order valence-corrected chi connectivity index (χ2v) is 4.42. The fourth-order valence-corrected chi connectivity index (χ4v) is 2.48. The first-order chi connectivity index (χ1) is 6.45. The highest BCUT2D eigenvalue weighted by molar-refractivity contribution is 5.85. The number of rotatable bonds is 2. The molecule has 1 atom stereocenters. The highest BCUT2D eigenvalue weighted by atomic mass is 35.5. The van der Waals surface area contributed by atoms with Gasteiger partial charge in [-0.25, -0.2) is 0 Å². The molecule has 2 saturated heterocycles. The van der Waals surface area contributed by atoms with E-state index in [4.69, 9.17) is 4.74 Å². The van der Waals surface area contributed by atoms with Gasteiger partial charge in [-0.05, 0) is 57.5 Å². The summed E-state index contributed by atoms with van der Waals surface area (Å²) in [6.45, 7) is 3.45. The minimum Gasteiger partial charge on any atom is -0.378 e. The van der Waals surface area contributed by atoms with Gasteiger partial charge >= 0.3 is 0 Å². The number of hydrogen-bond acceptors (Lipinski definition) is 2. The molecular formula is C11H22ClNO. The summed E-state index contributed by atoms with van der Waals surface area (Å²) in [5.41, 5.74) is 0. The molecule has 14 heavy (non-hydrogen) atoms. The summed E-state index contributed by atoms with van der Waals surface area (Å²) in [7, 11) is 0. The van der Waals surface area contributed by atoms with Crippen molar-refractivity contribution in [3.05, 3.63) is 0 Å². The molecule has 2 rings (SSSR count). The molecule has 0 bridgehead atoms. The van der Waals surface area contributed by atoms with Crippen molar-refractivity contribution in [2.75, 3.05) is 19.7 Å². The Hall–Kier alpha value is 0.210. The Labute approximate surface area is 93.2 Å². The van der Waals surface area contributed by atoms with E-state index in [0.29, 0.717) is 6.10 Å². The summed E-state index contributed by atoms with van der Waals surface area (Å²) in [6, 6.07) is 0. The van der Waals surface area contributed by atoms with Crippen LogP contribution in [-0.4, -0.2) is 25.8 Å². The fourth-order valence-electron chi connectivity index (χ4n) is 2.48. The molecule has 2 heterocycles. The smallest absolute Gasteiger partial charge is 0.0577 e. The predicted molar refractivity (Wildman–Crippen MR) is 61.0 cm³/mol. The summed E-state index contributed by atoms with van der Waals surface area (Å²) in [4.78, 5) is 0. The highest BCUT2D eigenvalue weighted by Crippen LogP contribution is 2.24. The molecule has 1 N–H and O–H groups in total. The van der Waals surface area contributed by atoms with Crippen LogP contribution < -0.4 is 5.32 Å². The topological polar surface area (TPSA) is 21.3 Å². The van der Waals surface area contributed by atoms with Crippen LogP contribution >= 0.6 is 12.4 Å². The normalized spacial score (nSPS) is 29.6. The van der Waals surface area contributed by atoms with Crippen molar-refractivity contribution in [1.29, 1.82) is 0 Å². The molecule has 0 aliphatic carbocycles. The molecular weight excluding hydrogens is 198 g/mol. The van der Waals surface area contributed by atoms with Crippen LogP contribution in [0.2, 0.25) is 0 Å². The minimum atomic E-state index is 0. The number of nitrogens with one attached hydrogen (secondary N) is 1. The maximum absolute atomic E-state index is 5.76. The molecule has 1 unspecified atom stereocenters. The van der Waals surface area contributed by atoms with Gasteiger partial charge in [0, 0.05) is 6.61 Å². The largest absolute Gasteiger partial charge is 0.378 e. The maximum atomic E-state index is 5.76. The first-order valence-corrected chi connectivity index (χ1v) is 5.77. The van der Waals surface area contributed by atoms with Crippen LogP contribution in [-0.2, 0) is 4.74 Å². The lowest BCUT2D eigenvalue weighted by molar-refractivity contribution is -0.00106. The third kappa shape index (κ3) is 3.76. The van der Waals surface area contributed by atoms with Crippen LogP contribution in [0.25, 0.3) is 0 Å². The molecule has 2 aliphatic heterocycles. The Balaban J connectivity index is 0.000000980. The molecule has 2 aliphatic rings. The third-order valence-corrected chi connectivity index (χ3v) is 3.33. The summed E-state index contributed by atoms with van der Waals surface area (Å²) in [5.74, 6) is 0.935. The van der Waals surface area contributed by atoms with Crippen LogP contribution in [0, 0.1) is 5.92 Å². The van der Waals surface area contributed by atoms with Crippen LogP contribution in [0.1, 0.15) is 38.5 Å². The molecule has 3 heteroatoms. The van der Waals surface area contributed by atoms with Crippen molar-refractivity contribution in [3.8, 4) is 0 Å². The second-order valence-electron chi connectivity index (χ2n) is 4.42. The van der Waals surface area contributed by atoms with Crippen molar-refractivity contribution in [3.63, 3.8) is 0 Å². The Morgan fingerprint density at radius 1 is 1.07 bits per heavy atom. The lowest BCUT2D eigenvalue weighted by atomic mass is 9.90. The van der Waals surface area contributed by atoms with E-state index in [2.05, 4.69) is 5.32 Å². The number of ether oxygens (including phenoxy) is 1. The maximum Gasteiger partial charge on any atom is 0.0577 e. The molecule has 2 nitrogen and oxygen atoms in total. The van der Waals surface area contributed by atoms with E-state index in [1.807, 2.05) is 0 Å². The van der Waals surface area contributed by atoms with Gasteiger partial charge in [0.25, 0.3) is 0 Å². The van der Waals surface area contributed by atoms with Crippen molar-refractivity contribution >= 4 is 12.4 Å². The highest BCUT2D eigenvalue weighted by Gasteiger charge is 2.20. The monoisotopic (exact) mass is 219 g/mol. The molecule has 0 amide bonds. The van der Waals surface area contributed by atoms with Gasteiger partial charge in [-0.15, -0.1) is 12.4 Å². The van der Waals surface area contributed by atoms with E-state index in [0.717, 1.165) is 12.5 Å². The van der Waals surface area contributed by atoms with Gasteiger partial charge in [0.15, 0.2) is 0 Å². The first kappa shape index (κ1) is 12.3. The molecule has 84 valence electrons. The van der Waals surface area contributed by atoms with Gasteiger partial charge in [-0.2, -0.15) is 0 Å². The van der Waals surface area contributed by atoms with Gasteiger partial charge in [0.1, 0.15) is 0 Å². The minimum absolute atomic E-state index is 0. The molecule has 0 radical (unpaired) electrons. The molecule has 0 aromatic rings. The summed E-state index contributed by atoms with van der Waals surface area (Å²) < 4.78 is 5.76. The Morgan fingerprint density at radius 3 is 2.50 bits per heavy atom.